The lowest BCUT2D eigenvalue weighted by Crippen LogP contribution is -2.13. The fourth-order valence-electron chi connectivity index (χ4n) is 1.77. The fraction of sp³-hybridized carbons (Fsp3) is 0.133. The first-order chi connectivity index (χ1) is 9.11. The van der Waals surface area contributed by atoms with Gasteiger partial charge in [0, 0.05) is 11.3 Å². The maximum absolute atomic E-state index is 12.1. The number of nitrogens with one attached hydrogen (secondary N) is 1. The summed E-state index contributed by atoms with van der Waals surface area (Å²) in [6, 6.07) is 12.4. The van der Waals surface area contributed by atoms with Crippen molar-refractivity contribution in [2.75, 3.05) is 5.32 Å². The van der Waals surface area contributed by atoms with Crippen molar-refractivity contribution in [1.29, 1.82) is 0 Å². The molecule has 0 heterocycles. The van der Waals surface area contributed by atoms with Gasteiger partial charge in [0.2, 0.25) is 0 Å². The predicted octanol–water partition coefficient (Wildman–Crippen LogP) is 3.39. The number of aryl methyl sites for hydroxylation is 1. The molecule has 0 aliphatic heterocycles. The molecule has 19 heavy (non-hydrogen) atoms. The minimum absolute atomic E-state index is 0.127. The van der Waals surface area contributed by atoms with E-state index in [9.17, 15) is 9.90 Å². The number of aliphatic hydroxyl groups excluding tert-OH is 1. The molecule has 0 fully saturated rings. The zero-order valence-corrected chi connectivity index (χ0v) is 11.2. The lowest BCUT2D eigenvalue weighted by atomic mass is 10.1. The van der Waals surface area contributed by atoms with Crippen molar-refractivity contribution in [3.05, 3.63) is 64.2 Å². The molecule has 0 atom stereocenters. The number of anilines is 1. The highest BCUT2D eigenvalue weighted by molar-refractivity contribution is 6.34. The summed E-state index contributed by atoms with van der Waals surface area (Å²) in [5.74, 6) is -0.286. The van der Waals surface area contributed by atoms with Crippen LogP contribution in [-0.2, 0) is 6.61 Å². The van der Waals surface area contributed by atoms with Gasteiger partial charge >= 0.3 is 0 Å². The Bertz CT molecular complexity index is 611. The number of aliphatic hydroxyl groups is 1. The van der Waals surface area contributed by atoms with Gasteiger partial charge in [0.25, 0.3) is 5.91 Å². The number of amides is 1. The molecule has 0 bridgehead atoms. The molecule has 2 aromatic carbocycles. The first-order valence-corrected chi connectivity index (χ1v) is 6.26. The number of halogens is 1. The van der Waals surface area contributed by atoms with E-state index in [2.05, 4.69) is 5.32 Å². The van der Waals surface area contributed by atoms with Gasteiger partial charge < -0.3 is 10.4 Å². The minimum Gasteiger partial charge on any atom is -0.392 e. The quantitative estimate of drug-likeness (QED) is 0.902. The lowest BCUT2D eigenvalue weighted by molar-refractivity contribution is 0.102. The van der Waals surface area contributed by atoms with Crippen LogP contribution in [0.5, 0.6) is 0 Å². The Morgan fingerprint density at radius 1 is 1.26 bits per heavy atom. The van der Waals surface area contributed by atoms with Gasteiger partial charge in [-0.25, -0.2) is 0 Å². The molecular weight excluding hydrogens is 262 g/mol. The molecule has 1 amide bonds. The Hall–Kier alpha value is -1.84. The first kappa shape index (κ1) is 13.6. The van der Waals surface area contributed by atoms with Crippen molar-refractivity contribution >= 4 is 23.2 Å². The summed E-state index contributed by atoms with van der Waals surface area (Å²) in [6.45, 7) is 1.78. The maximum Gasteiger partial charge on any atom is 0.257 e. The van der Waals surface area contributed by atoms with Crippen molar-refractivity contribution in [3.8, 4) is 0 Å². The molecule has 0 saturated heterocycles. The first-order valence-electron chi connectivity index (χ1n) is 5.88. The Morgan fingerprint density at radius 3 is 2.68 bits per heavy atom. The highest BCUT2D eigenvalue weighted by Crippen LogP contribution is 2.21. The van der Waals surface area contributed by atoms with E-state index < -0.39 is 0 Å². The second kappa shape index (κ2) is 5.87. The third-order valence-electron chi connectivity index (χ3n) is 2.81. The summed E-state index contributed by atoms with van der Waals surface area (Å²) in [6.07, 6.45) is 0. The normalized spacial score (nSPS) is 10.3. The molecule has 0 unspecified atom stereocenters. The lowest BCUT2D eigenvalue weighted by Gasteiger charge is -2.10. The Morgan fingerprint density at radius 2 is 2.00 bits per heavy atom. The van der Waals surface area contributed by atoms with Gasteiger partial charge in [-0.2, -0.15) is 0 Å². The summed E-state index contributed by atoms with van der Waals surface area (Å²) in [5.41, 5.74) is 2.67. The van der Waals surface area contributed by atoms with E-state index >= 15 is 0 Å². The average Bonchev–Trinajstić information content (AvgIpc) is 2.39. The van der Waals surface area contributed by atoms with Crippen LogP contribution >= 0.6 is 11.6 Å². The van der Waals surface area contributed by atoms with Gasteiger partial charge in [-0.1, -0.05) is 35.9 Å². The molecular formula is C15H14ClNO2. The molecule has 0 aliphatic rings. The Kier molecular flexibility index (Phi) is 4.20. The molecule has 3 nitrogen and oxygen atoms in total. The van der Waals surface area contributed by atoms with Crippen LogP contribution in [0.1, 0.15) is 21.5 Å². The average molecular weight is 276 g/mol. The van der Waals surface area contributed by atoms with Crippen molar-refractivity contribution in [1.82, 2.24) is 0 Å². The van der Waals surface area contributed by atoms with Crippen LogP contribution in [0.4, 0.5) is 5.69 Å². The van der Waals surface area contributed by atoms with Crippen molar-refractivity contribution in [3.63, 3.8) is 0 Å². The number of benzene rings is 2. The number of rotatable bonds is 3. The number of para-hydroxylation sites is 1. The van der Waals surface area contributed by atoms with E-state index in [1.54, 1.807) is 36.4 Å². The van der Waals surface area contributed by atoms with E-state index in [0.717, 1.165) is 5.56 Å². The van der Waals surface area contributed by atoms with Crippen LogP contribution in [0, 0.1) is 6.92 Å². The molecule has 2 rings (SSSR count). The van der Waals surface area contributed by atoms with Crippen molar-refractivity contribution in [2.45, 2.75) is 13.5 Å². The molecule has 0 aliphatic carbocycles. The van der Waals surface area contributed by atoms with Crippen molar-refractivity contribution < 1.29 is 9.90 Å². The molecule has 0 saturated carbocycles. The largest absolute Gasteiger partial charge is 0.392 e. The summed E-state index contributed by atoms with van der Waals surface area (Å²) in [5, 5.41) is 12.4. The van der Waals surface area contributed by atoms with E-state index in [0.29, 0.717) is 21.8 Å². The minimum atomic E-state index is -0.286. The van der Waals surface area contributed by atoms with Gasteiger partial charge in [0.05, 0.1) is 17.2 Å². The van der Waals surface area contributed by atoms with Crippen LogP contribution in [0.15, 0.2) is 42.5 Å². The Balaban J connectivity index is 2.26. The Labute approximate surface area is 116 Å². The van der Waals surface area contributed by atoms with Gasteiger partial charge in [-0.15, -0.1) is 0 Å². The molecule has 0 radical (unpaired) electrons. The maximum atomic E-state index is 12.1. The summed E-state index contributed by atoms with van der Waals surface area (Å²) < 4.78 is 0. The van der Waals surface area contributed by atoms with E-state index in [-0.39, 0.29) is 12.5 Å². The summed E-state index contributed by atoms with van der Waals surface area (Å²) in [7, 11) is 0. The highest BCUT2D eigenvalue weighted by atomic mass is 35.5. The number of carbonyl (C=O) groups excluding carboxylic acids is 1. The second-order valence-corrected chi connectivity index (χ2v) is 4.66. The summed E-state index contributed by atoms with van der Waals surface area (Å²) in [4.78, 5) is 12.1. The molecule has 4 heteroatoms. The van der Waals surface area contributed by atoms with Gasteiger partial charge in [-0.3, -0.25) is 4.79 Å². The molecule has 2 N–H and O–H groups in total. The second-order valence-electron chi connectivity index (χ2n) is 4.25. The third-order valence-corrected chi connectivity index (χ3v) is 3.12. The monoisotopic (exact) mass is 275 g/mol. The fourth-order valence-corrected chi connectivity index (χ4v) is 2.09. The number of carbonyl (C=O) groups is 1. The topological polar surface area (TPSA) is 49.3 Å². The van der Waals surface area contributed by atoms with Gasteiger partial charge in [0.1, 0.15) is 0 Å². The van der Waals surface area contributed by atoms with Gasteiger partial charge in [0.15, 0.2) is 0 Å². The standard InChI is InChI=1S/C15H14ClNO2/c1-10-6-7-12(13(16)8-10)15(19)17-14-5-3-2-4-11(14)9-18/h2-8,18H,9H2,1H3,(H,17,19). The molecule has 2 aromatic rings. The van der Waals surface area contributed by atoms with E-state index in [1.807, 2.05) is 13.0 Å². The van der Waals surface area contributed by atoms with Crippen LogP contribution < -0.4 is 5.32 Å². The SMILES string of the molecule is Cc1ccc(C(=O)Nc2ccccc2CO)c(Cl)c1. The number of hydrogen-bond acceptors (Lipinski definition) is 2. The predicted molar refractivity (Wildman–Crippen MR) is 76.5 cm³/mol. The smallest absolute Gasteiger partial charge is 0.257 e. The van der Waals surface area contributed by atoms with E-state index in [4.69, 9.17) is 11.6 Å². The van der Waals surface area contributed by atoms with Crippen LogP contribution in [0.3, 0.4) is 0 Å². The molecule has 0 aromatic heterocycles. The zero-order chi connectivity index (χ0) is 13.8. The molecule has 0 spiro atoms. The van der Waals surface area contributed by atoms with Crippen LogP contribution in [0.25, 0.3) is 0 Å². The van der Waals surface area contributed by atoms with Gasteiger partial charge in [-0.05, 0) is 30.7 Å². The van der Waals surface area contributed by atoms with Crippen LogP contribution in [-0.4, -0.2) is 11.0 Å². The summed E-state index contributed by atoms with van der Waals surface area (Å²) >= 11 is 6.05. The highest BCUT2D eigenvalue weighted by Gasteiger charge is 2.12. The molecule has 98 valence electrons. The zero-order valence-electron chi connectivity index (χ0n) is 10.5. The van der Waals surface area contributed by atoms with E-state index in [1.165, 1.54) is 0 Å². The van der Waals surface area contributed by atoms with Crippen LogP contribution in [0.2, 0.25) is 5.02 Å². The van der Waals surface area contributed by atoms with Crippen molar-refractivity contribution in [2.24, 2.45) is 0 Å². The third kappa shape index (κ3) is 3.13. The number of hydrogen-bond donors (Lipinski definition) is 2.